The largest absolute Gasteiger partial charge is 0.393 e. The van der Waals surface area contributed by atoms with Crippen LogP contribution in [0.25, 0.3) is 0 Å². The summed E-state index contributed by atoms with van der Waals surface area (Å²) in [5, 5.41) is 12.4. The second kappa shape index (κ2) is 6.06. The van der Waals surface area contributed by atoms with E-state index in [9.17, 15) is 9.90 Å². The van der Waals surface area contributed by atoms with Crippen LogP contribution < -0.4 is 5.32 Å². The van der Waals surface area contributed by atoms with E-state index < -0.39 is 0 Å². The Hall–Kier alpha value is -1.55. The van der Waals surface area contributed by atoms with E-state index in [1.807, 2.05) is 24.3 Å². The van der Waals surface area contributed by atoms with Crippen molar-refractivity contribution in [3.8, 4) is 0 Å². The molecule has 1 fully saturated rings. The maximum atomic E-state index is 12.2. The molecule has 1 aromatic rings. The van der Waals surface area contributed by atoms with Gasteiger partial charge in [0.2, 0.25) is 0 Å². The van der Waals surface area contributed by atoms with Gasteiger partial charge in [-0.05, 0) is 30.4 Å². The van der Waals surface area contributed by atoms with Gasteiger partial charge in [-0.15, -0.1) is 0 Å². The lowest BCUT2D eigenvalue weighted by atomic mass is 10.0. The maximum Gasteiger partial charge on any atom is 0.321 e. The van der Waals surface area contributed by atoms with Crippen molar-refractivity contribution in [3.63, 3.8) is 0 Å². The van der Waals surface area contributed by atoms with E-state index >= 15 is 0 Å². The number of likely N-dealkylation sites (tertiary alicyclic amines) is 1. The van der Waals surface area contributed by atoms with Gasteiger partial charge in [-0.3, -0.25) is 0 Å². The van der Waals surface area contributed by atoms with Crippen LogP contribution >= 0.6 is 0 Å². The second-order valence-electron chi connectivity index (χ2n) is 5.39. The smallest absolute Gasteiger partial charge is 0.321 e. The molecule has 2 rings (SSSR count). The first-order chi connectivity index (χ1) is 9.08. The number of piperidine rings is 1. The van der Waals surface area contributed by atoms with Crippen molar-refractivity contribution in [2.24, 2.45) is 0 Å². The van der Waals surface area contributed by atoms with E-state index in [2.05, 4.69) is 19.2 Å². The molecular weight excluding hydrogens is 240 g/mol. The van der Waals surface area contributed by atoms with Gasteiger partial charge in [0.15, 0.2) is 0 Å². The van der Waals surface area contributed by atoms with Crippen molar-refractivity contribution in [1.82, 2.24) is 4.90 Å². The molecule has 0 unspecified atom stereocenters. The number of benzene rings is 1. The lowest BCUT2D eigenvalue weighted by Gasteiger charge is -2.30. The molecule has 0 aliphatic carbocycles. The minimum absolute atomic E-state index is 0.0694. The van der Waals surface area contributed by atoms with Gasteiger partial charge in [-0.25, -0.2) is 4.79 Å². The number of nitrogens with one attached hydrogen (secondary N) is 1. The molecule has 0 spiro atoms. The first-order valence-corrected chi connectivity index (χ1v) is 6.91. The molecule has 0 bridgehead atoms. The topological polar surface area (TPSA) is 52.6 Å². The van der Waals surface area contributed by atoms with E-state index in [1.165, 1.54) is 0 Å². The number of carbonyl (C=O) groups is 1. The molecule has 1 heterocycles. The maximum absolute atomic E-state index is 12.2. The van der Waals surface area contributed by atoms with Crippen molar-refractivity contribution in [3.05, 3.63) is 29.8 Å². The fraction of sp³-hybridized carbons (Fsp3) is 0.533. The Bertz CT molecular complexity index is 438. The molecule has 2 amide bonds. The lowest BCUT2D eigenvalue weighted by Crippen LogP contribution is -2.42. The van der Waals surface area contributed by atoms with Crippen LogP contribution in [0.2, 0.25) is 0 Å². The quantitative estimate of drug-likeness (QED) is 0.861. The van der Waals surface area contributed by atoms with Crippen molar-refractivity contribution in [1.29, 1.82) is 0 Å². The number of urea groups is 1. The van der Waals surface area contributed by atoms with Crippen LogP contribution in [0.4, 0.5) is 10.5 Å². The van der Waals surface area contributed by atoms with Gasteiger partial charge < -0.3 is 15.3 Å². The number of para-hydroxylation sites is 1. The minimum atomic E-state index is -0.257. The van der Waals surface area contributed by atoms with Crippen molar-refractivity contribution in [2.45, 2.75) is 38.7 Å². The molecule has 1 aromatic carbocycles. The molecule has 1 aliphatic rings. The number of hydrogen-bond acceptors (Lipinski definition) is 2. The fourth-order valence-electron chi connectivity index (χ4n) is 2.38. The standard InChI is InChI=1S/C15H22N2O2/c1-11(2)13-5-3-4-6-14(13)16-15(19)17-9-7-12(18)8-10-17/h3-6,11-12,18H,7-10H2,1-2H3,(H,16,19). The van der Waals surface area contributed by atoms with Crippen LogP contribution in [0.1, 0.15) is 38.2 Å². The third kappa shape index (κ3) is 3.47. The summed E-state index contributed by atoms with van der Waals surface area (Å²) in [4.78, 5) is 13.9. The van der Waals surface area contributed by atoms with E-state index in [0.29, 0.717) is 31.8 Å². The summed E-state index contributed by atoms with van der Waals surface area (Å²) >= 11 is 0. The second-order valence-corrected chi connectivity index (χ2v) is 5.39. The Kier molecular flexibility index (Phi) is 4.43. The molecule has 0 saturated carbocycles. The Balaban J connectivity index is 2.03. The summed E-state index contributed by atoms with van der Waals surface area (Å²) in [6.07, 6.45) is 1.07. The van der Waals surface area contributed by atoms with E-state index in [1.54, 1.807) is 4.90 Å². The summed E-state index contributed by atoms with van der Waals surface area (Å²) in [5.74, 6) is 0.375. The predicted molar refractivity (Wildman–Crippen MR) is 76.4 cm³/mol. The highest BCUT2D eigenvalue weighted by Gasteiger charge is 2.21. The predicted octanol–water partition coefficient (Wildman–Crippen LogP) is 2.80. The molecule has 4 nitrogen and oxygen atoms in total. The molecule has 0 aromatic heterocycles. The Morgan fingerprint density at radius 2 is 1.95 bits per heavy atom. The highest BCUT2D eigenvalue weighted by atomic mass is 16.3. The number of aliphatic hydroxyl groups excluding tert-OH is 1. The van der Waals surface area contributed by atoms with Crippen LogP contribution in [0.5, 0.6) is 0 Å². The summed E-state index contributed by atoms with van der Waals surface area (Å²) < 4.78 is 0. The zero-order chi connectivity index (χ0) is 13.8. The number of amides is 2. The Morgan fingerprint density at radius 1 is 1.32 bits per heavy atom. The third-order valence-electron chi connectivity index (χ3n) is 3.58. The first-order valence-electron chi connectivity index (χ1n) is 6.91. The van der Waals surface area contributed by atoms with Crippen LogP contribution in [-0.4, -0.2) is 35.2 Å². The van der Waals surface area contributed by atoms with Gasteiger partial charge in [0, 0.05) is 18.8 Å². The first kappa shape index (κ1) is 13.9. The molecule has 1 aliphatic heterocycles. The number of rotatable bonds is 2. The van der Waals surface area contributed by atoms with Crippen molar-refractivity contribution in [2.75, 3.05) is 18.4 Å². The molecular formula is C15H22N2O2. The Labute approximate surface area is 114 Å². The number of carbonyl (C=O) groups excluding carboxylic acids is 1. The van der Waals surface area contributed by atoms with E-state index in [-0.39, 0.29) is 12.1 Å². The zero-order valence-electron chi connectivity index (χ0n) is 11.6. The summed E-state index contributed by atoms with van der Waals surface area (Å²) in [6, 6.07) is 7.83. The molecule has 0 atom stereocenters. The zero-order valence-corrected chi connectivity index (χ0v) is 11.6. The third-order valence-corrected chi connectivity index (χ3v) is 3.58. The van der Waals surface area contributed by atoms with Crippen LogP contribution in [0.15, 0.2) is 24.3 Å². The van der Waals surface area contributed by atoms with Gasteiger partial charge in [-0.1, -0.05) is 32.0 Å². The molecule has 2 N–H and O–H groups in total. The van der Waals surface area contributed by atoms with Crippen LogP contribution in [0.3, 0.4) is 0 Å². The van der Waals surface area contributed by atoms with Gasteiger partial charge in [0.1, 0.15) is 0 Å². The average molecular weight is 262 g/mol. The van der Waals surface area contributed by atoms with Gasteiger partial charge in [0.05, 0.1) is 6.10 Å². The molecule has 4 heteroatoms. The molecule has 0 radical (unpaired) electrons. The van der Waals surface area contributed by atoms with Gasteiger partial charge in [-0.2, -0.15) is 0 Å². The lowest BCUT2D eigenvalue weighted by molar-refractivity contribution is 0.0972. The average Bonchev–Trinajstić information content (AvgIpc) is 2.39. The van der Waals surface area contributed by atoms with Gasteiger partial charge >= 0.3 is 6.03 Å². The normalized spacial score (nSPS) is 16.7. The fourth-order valence-corrected chi connectivity index (χ4v) is 2.38. The van der Waals surface area contributed by atoms with E-state index in [4.69, 9.17) is 0 Å². The monoisotopic (exact) mass is 262 g/mol. The Morgan fingerprint density at radius 3 is 2.58 bits per heavy atom. The summed E-state index contributed by atoms with van der Waals surface area (Å²) in [7, 11) is 0. The summed E-state index contributed by atoms with van der Waals surface area (Å²) in [6.45, 7) is 5.47. The number of aliphatic hydroxyl groups is 1. The molecule has 19 heavy (non-hydrogen) atoms. The van der Waals surface area contributed by atoms with Gasteiger partial charge in [0.25, 0.3) is 0 Å². The summed E-state index contributed by atoms with van der Waals surface area (Å²) in [5.41, 5.74) is 2.03. The van der Waals surface area contributed by atoms with Crippen molar-refractivity contribution >= 4 is 11.7 Å². The number of anilines is 1. The number of nitrogens with zero attached hydrogens (tertiary/aromatic N) is 1. The number of hydrogen-bond donors (Lipinski definition) is 2. The highest BCUT2D eigenvalue weighted by molar-refractivity contribution is 5.90. The SMILES string of the molecule is CC(C)c1ccccc1NC(=O)N1CCC(O)CC1. The van der Waals surface area contributed by atoms with Crippen molar-refractivity contribution < 1.29 is 9.90 Å². The minimum Gasteiger partial charge on any atom is -0.393 e. The molecule has 1 saturated heterocycles. The highest BCUT2D eigenvalue weighted by Crippen LogP contribution is 2.24. The van der Waals surface area contributed by atoms with Crippen LogP contribution in [-0.2, 0) is 0 Å². The van der Waals surface area contributed by atoms with E-state index in [0.717, 1.165) is 11.3 Å². The van der Waals surface area contributed by atoms with Crippen LogP contribution in [0, 0.1) is 0 Å². The molecule has 104 valence electrons.